The second kappa shape index (κ2) is 4.73. The SMILES string of the molecule is CC([O])OCCN(C)C. The zero-order chi connectivity index (χ0) is 7.28. The van der Waals surface area contributed by atoms with Crippen LogP contribution < -0.4 is 0 Å². The summed E-state index contributed by atoms with van der Waals surface area (Å²) in [5, 5.41) is 10.3. The first-order chi connectivity index (χ1) is 4.13. The van der Waals surface area contributed by atoms with Gasteiger partial charge >= 0.3 is 0 Å². The number of hydrogen-bond acceptors (Lipinski definition) is 2. The average Bonchev–Trinajstić information content (AvgIpc) is 1.63. The van der Waals surface area contributed by atoms with Gasteiger partial charge in [0.25, 0.3) is 0 Å². The van der Waals surface area contributed by atoms with Gasteiger partial charge in [-0.15, -0.1) is 0 Å². The maximum Gasteiger partial charge on any atom is 0.188 e. The minimum absolute atomic E-state index is 0.525. The first-order valence-electron chi connectivity index (χ1n) is 3.05. The lowest BCUT2D eigenvalue weighted by Gasteiger charge is -2.09. The van der Waals surface area contributed by atoms with E-state index in [1.165, 1.54) is 6.92 Å². The third-order valence-electron chi connectivity index (χ3n) is 0.891. The van der Waals surface area contributed by atoms with E-state index >= 15 is 0 Å². The van der Waals surface area contributed by atoms with Crippen LogP contribution in [0.25, 0.3) is 0 Å². The maximum absolute atomic E-state index is 10.3. The van der Waals surface area contributed by atoms with Crippen molar-refractivity contribution >= 4 is 0 Å². The van der Waals surface area contributed by atoms with E-state index in [9.17, 15) is 5.11 Å². The number of hydrogen-bond donors (Lipinski definition) is 0. The molecule has 0 spiro atoms. The van der Waals surface area contributed by atoms with Crippen molar-refractivity contribution in [2.45, 2.75) is 13.2 Å². The topological polar surface area (TPSA) is 32.4 Å². The average molecular weight is 132 g/mol. The summed E-state index contributed by atoms with van der Waals surface area (Å²) in [7, 11) is 3.89. The Morgan fingerprint density at radius 1 is 1.56 bits per heavy atom. The Hall–Kier alpha value is -0.120. The lowest BCUT2D eigenvalue weighted by atomic mass is 10.6. The number of likely N-dealkylation sites (N-methyl/N-ethyl adjacent to an activating group) is 1. The molecule has 0 aromatic heterocycles. The van der Waals surface area contributed by atoms with Gasteiger partial charge < -0.3 is 9.64 Å². The van der Waals surface area contributed by atoms with Gasteiger partial charge in [0.1, 0.15) is 0 Å². The van der Waals surface area contributed by atoms with Gasteiger partial charge in [0, 0.05) is 6.54 Å². The van der Waals surface area contributed by atoms with Gasteiger partial charge in [-0.3, -0.25) is 0 Å². The summed E-state index contributed by atoms with van der Waals surface area (Å²) < 4.78 is 4.76. The summed E-state index contributed by atoms with van der Waals surface area (Å²) in [5.74, 6) is 0. The lowest BCUT2D eigenvalue weighted by molar-refractivity contribution is -0.128. The molecule has 1 radical (unpaired) electrons. The molecule has 0 N–H and O–H groups in total. The van der Waals surface area contributed by atoms with E-state index in [4.69, 9.17) is 4.74 Å². The zero-order valence-electron chi connectivity index (χ0n) is 6.26. The molecule has 0 fully saturated rings. The van der Waals surface area contributed by atoms with Crippen LogP contribution in [0.1, 0.15) is 6.92 Å². The van der Waals surface area contributed by atoms with E-state index in [-0.39, 0.29) is 0 Å². The van der Waals surface area contributed by atoms with Gasteiger partial charge in [0.15, 0.2) is 6.29 Å². The van der Waals surface area contributed by atoms with E-state index in [1.807, 2.05) is 19.0 Å². The molecular weight excluding hydrogens is 118 g/mol. The fraction of sp³-hybridized carbons (Fsp3) is 1.00. The van der Waals surface area contributed by atoms with Crippen LogP contribution in [0.4, 0.5) is 0 Å². The molecule has 0 saturated heterocycles. The maximum atomic E-state index is 10.3. The Bertz CT molecular complexity index is 56.1. The molecule has 3 nitrogen and oxygen atoms in total. The molecule has 0 aliphatic rings. The molecule has 1 atom stereocenters. The normalized spacial score (nSPS) is 14.3. The van der Waals surface area contributed by atoms with Gasteiger partial charge in [-0.25, -0.2) is 5.11 Å². The van der Waals surface area contributed by atoms with E-state index in [0.717, 1.165) is 6.54 Å². The molecule has 0 amide bonds. The van der Waals surface area contributed by atoms with Crippen molar-refractivity contribution in [3.05, 3.63) is 0 Å². The molecule has 0 aromatic rings. The molecule has 0 bridgehead atoms. The molecule has 3 heteroatoms. The summed E-state index contributed by atoms with van der Waals surface area (Å²) in [6.07, 6.45) is -0.884. The Kier molecular flexibility index (Phi) is 4.67. The van der Waals surface area contributed by atoms with Gasteiger partial charge in [0.05, 0.1) is 6.61 Å². The van der Waals surface area contributed by atoms with Crippen molar-refractivity contribution < 1.29 is 9.84 Å². The largest absolute Gasteiger partial charge is 0.349 e. The van der Waals surface area contributed by atoms with Crippen LogP contribution in [-0.2, 0) is 9.84 Å². The fourth-order valence-corrected chi connectivity index (χ4v) is 0.401. The van der Waals surface area contributed by atoms with Crippen LogP contribution in [0.15, 0.2) is 0 Å². The molecule has 1 unspecified atom stereocenters. The summed E-state index contributed by atoms with van der Waals surface area (Å²) in [4.78, 5) is 1.97. The van der Waals surface area contributed by atoms with Crippen molar-refractivity contribution in [1.29, 1.82) is 0 Å². The molecular formula is C6H14NO2. The second-order valence-electron chi connectivity index (χ2n) is 2.24. The van der Waals surface area contributed by atoms with Crippen LogP contribution >= 0.6 is 0 Å². The summed E-state index contributed by atoms with van der Waals surface area (Å²) in [6.45, 7) is 2.83. The lowest BCUT2D eigenvalue weighted by Crippen LogP contribution is -2.20. The van der Waals surface area contributed by atoms with Crippen molar-refractivity contribution in [3.63, 3.8) is 0 Å². The van der Waals surface area contributed by atoms with Gasteiger partial charge in [-0.05, 0) is 21.0 Å². The predicted octanol–water partition coefficient (Wildman–Crippen LogP) is 0.341. The van der Waals surface area contributed by atoms with Gasteiger partial charge in [-0.1, -0.05) is 0 Å². The third-order valence-corrected chi connectivity index (χ3v) is 0.891. The Balaban J connectivity index is 2.91. The third kappa shape index (κ3) is 7.88. The molecule has 55 valence electrons. The Morgan fingerprint density at radius 3 is 2.44 bits per heavy atom. The van der Waals surface area contributed by atoms with Gasteiger partial charge in [-0.2, -0.15) is 0 Å². The number of rotatable bonds is 4. The highest BCUT2D eigenvalue weighted by Crippen LogP contribution is 1.84. The first kappa shape index (κ1) is 8.88. The van der Waals surface area contributed by atoms with E-state index < -0.39 is 6.29 Å². The van der Waals surface area contributed by atoms with E-state index in [1.54, 1.807) is 0 Å². The minimum Gasteiger partial charge on any atom is -0.349 e. The monoisotopic (exact) mass is 132 g/mol. The molecule has 0 rings (SSSR count). The first-order valence-corrected chi connectivity index (χ1v) is 3.05. The van der Waals surface area contributed by atoms with Crippen molar-refractivity contribution in [2.75, 3.05) is 27.2 Å². The quantitative estimate of drug-likeness (QED) is 0.517. The number of nitrogens with zero attached hydrogens (tertiary/aromatic N) is 1. The highest BCUT2D eigenvalue weighted by atomic mass is 16.6. The summed E-state index contributed by atoms with van der Waals surface area (Å²) >= 11 is 0. The molecule has 0 heterocycles. The zero-order valence-corrected chi connectivity index (χ0v) is 6.26. The summed E-state index contributed by atoms with van der Waals surface area (Å²) in [5.41, 5.74) is 0. The van der Waals surface area contributed by atoms with Crippen LogP contribution in [0, 0.1) is 0 Å². The van der Waals surface area contributed by atoms with Crippen molar-refractivity contribution in [2.24, 2.45) is 0 Å². The van der Waals surface area contributed by atoms with Crippen LogP contribution in [0.5, 0.6) is 0 Å². The highest BCUT2D eigenvalue weighted by molar-refractivity contribution is 4.39. The van der Waals surface area contributed by atoms with Crippen molar-refractivity contribution in [1.82, 2.24) is 4.90 Å². The van der Waals surface area contributed by atoms with Crippen LogP contribution in [-0.4, -0.2) is 38.4 Å². The molecule has 0 aliphatic heterocycles. The second-order valence-corrected chi connectivity index (χ2v) is 2.24. The smallest absolute Gasteiger partial charge is 0.188 e. The molecule has 0 saturated carbocycles. The van der Waals surface area contributed by atoms with E-state index in [0.29, 0.717) is 6.61 Å². The standard InChI is InChI=1S/C6H14NO2/c1-6(8)9-5-4-7(2)3/h6H,4-5H2,1-3H3. The molecule has 9 heavy (non-hydrogen) atoms. The Morgan fingerprint density at radius 2 is 2.11 bits per heavy atom. The Labute approximate surface area is 56.2 Å². The van der Waals surface area contributed by atoms with Gasteiger partial charge in [0.2, 0.25) is 0 Å². The van der Waals surface area contributed by atoms with E-state index in [2.05, 4.69) is 0 Å². The van der Waals surface area contributed by atoms with Crippen LogP contribution in [0.3, 0.4) is 0 Å². The summed E-state index contributed by atoms with van der Waals surface area (Å²) in [6, 6.07) is 0. The number of ether oxygens (including phenoxy) is 1. The highest BCUT2D eigenvalue weighted by Gasteiger charge is 1.95. The van der Waals surface area contributed by atoms with Crippen LogP contribution in [0.2, 0.25) is 0 Å². The predicted molar refractivity (Wildman–Crippen MR) is 34.7 cm³/mol. The fourth-order valence-electron chi connectivity index (χ4n) is 0.401. The van der Waals surface area contributed by atoms with Crippen molar-refractivity contribution in [3.8, 4) is 0 Å². The molecule has 0 aliphatic carbocycles. The molecule has 0 aromatic carbocycles. The minimum atomic E-state index is -0.884.